The van der Waals surface area contributed by atoms with Crippen molar-refractivity contribution in [2.24, 2.45) is 0 Å². The lowest BCUT2D eigenvalue weighted by atomic mass is 10.2. The van der Waals surface area contributed by atoms with E-state index in [9.17, 15) is 4.39 Å². The van der Waals surface area contributed by atoms with Crippen LogP contribution in [-0.4, -0.2) is 30.1 Å². The van der Waals surface area contributed by atoms with E-state index in [2.05, 4.69) is 18.2 Å². The summed E-state index contributed by atoms with van der Waals surface area (Å²) in [5.74, 6) is 1.27. The van der Waals surface area contributed by atoms with Gasteiger partial charge >= 0.3 is 0 Å². The maximum atomic E-state index is 13.4. The molecule has 0 bridgehead atoms. The number of rotatable bonds is 5. The highest BCUT2D eigenvalue weighted by molar-refractivity contribution is 7.98. The first-order chi connectivity index (χ1) is 7.16. The number of hydrogen-bond donors (Lipinski definition) is 0. The van der Waals surface area contributed by atoms with Gasteiger partial charge in [0.1, 0.15) is 0 Å². The van der Waals surface area contributed by atoms with E-state index < -0.39 is 0 Å². The Labute approximate surface area is 94.9 Å². The number of hydrogen-bond acceptors (Lipinski definition) is 3. The first-order valence-electron chi connectivity index (χ1n) is 4.99. The van der Waals surface area contributed by atoms with Crippen molar-refractivity contribution >= 4 is 17.6 Å². The Balaban J connectivity index is 2.67. The summed E-state index contributed by atoms with van der Waals surface area (Å²) in [6.07, 6.45) is 4.73. The molecule has 1 aromatic rings. The van der Waals surface area contributed by atoms with Gasteiger partial charge in [-0.05, 0) is 37.5 Å². The van der Waals surface area contributed by atoms with Crippen LogP contribution in [0.2, 0.25) is 0 Å². The van der Waals surface area contributed by atoms with E-state index in [1.165, 1.54) is 6.07 Å². The quantitative estimate of drug-likeness (QED) is 0.771. The summed E-state index contributed by atoms with van der Waals surface area (Å²) >= 11 is 1.81. The average molecular weight is 228 g/mol. The van der Waals surface area contributed by atoms with E-state index in [4.69, 9.17) is 0 Å². The molecule has 0 fully saturated rings. The lowest BCUT2D eigenvalue weighted by Gasteiger charge is -2.25. The molecule has 1 heterocycles. The van der Waals surface area contributed by atoms with Gasteiger partial charge < -0.3 is 4.90 Å². The Morgan fingerprint density at radius 1 is 1.60 bits per heavy atom. The van der Waals surface area contributed by atoms with Crippen LogP contribution >= 0.6 is 11.8 Å². The van der Waals surface area contributed by atoms with Crippen LogP contribution in [0.1, 0.15) is 13.3 Å². The van der Waals surface area contributed by atoms with Crippen molar-refractivity contribution in [2.75, 3.05) is 24.0 Å². The van der Waals surface area contributed by atoms with E-state index in [0.29, 0.717) is 11.9 Å². The van der Waals surface area contributed by atoms with Gasteiger partial charge in [0.15, 0.2) is 11.6 Å². The third-order valence-electron chi connectivity index (χ3n) is 2.47. The molecule has 0 aliphatic carbocycles. The zero-order valence-electron chi connectivity index (χ0n) is 9.40. The largest absolute Gasteiger partial charge is 0.355 e. The van der Waals surface area contributed by atoms with Crippen molar-refractivity contribution in [3.63, 3.8) is 0 Å². The Hall–Kier alpha value is -0.770. The lowest BCUT2D eigenvalue weighted by Crippen LogP contribution is -2.30. The molecule has 84 valence electrons. The highest BCUT2D eigenvalue weighted by Crippen LogP contribution is 2.17. The molecular formula is C11H17FN2S. The summed E-state index contributed by atoms with van der Waals surface area (Å²) in [6.45, 7) is 2.09. The molecule has 0 unspecified atom stereocenters. The van der Waals surface area contributed by atoms with Crippen LogP contribution in [0.5, 0.6) is 0 Å². The molecule has 0 N–H and O–H groups in total. The minimum absolute atomic E-state index is 0.254. The van der Waals surface area contributed by atoms with Gasteiger partial charge in [-0.3, -0.25) is 0 Å². The fourth-order valence-corrected chi connectivity index (χ4v) is 1.90. The summed E-state index contributed by atoms with van der Waals surface area (Å²) in [6, 6.07) is 3.36. The molecule has 0 aliphatic heterocycles. The number of nitrogens with zero attached hydrogens (tertiary/aromatic N) is 2. The zero-order valence-corrected chi connectivity index (χ0v) is 10.2. The second-order valence-electron chi connectivity index (χ2n) is 3.55. The fourth-order valence-electron chi connectivity index (χ4n) is 1.33. The molecule has 0 saturated carbocycles. The molecule has 4 heteroatoms. The first kappa shape index (κ1) is 12.3. The van der Waals surface area contributed by atoms with Gasteiger partial charge in [0.2, 0.25) is 0 Å². The smallest absolute Gasteiger partial charge is 0.165 e. The van der Waals surface area contributed by atoms with E-state index >= 15 is 0 Å². The molecule has 0 amide bonds. The highest BCUT2D eigenvalue weighted by atomic mass is 32.2. The third-order valence-corrected chi connectivity index (χ3v) is 3.12. The normalized spacial score (nSPS) is 12.5. The van der Waals surface area contributed by atoms with Crippen LogP contribution < -0.4 is 4.90 Å². The maximum absolute atomic E-state index is 13.4. The van der Waals surface area contributed by atoms with Gasteiger partial charge in [0, 0.05) is 19.3 Å². The summed E-state index contributed by atoms with van der Waals surface area (Å²) in [5, 5.41) is 0. The average Bonchev–Trinajstić information content (AvgIpc) is 2.25. The van der Waals surface area contributed by atoms with Crippen LogP contribution in [0, 0.1) is 5.82 Å². The topological polar surface area (TPSA) is 16.1 Å². The van der Waals surface area contributed by atoms with Gasteiger partial charge in [-0.25, -0.2) is 9.37 Å². The maximum Gasteiger partial charge on any atom is 0.165 e. The number of halogens is 1. The van der Waals surface area contributed by atoms with E-state index in [-0.39, 0.29) is 5.82 Å². The van der Waals surface area contributed by atoms with Gasteiger partial charge in [-0.2, -0.15) is 11.8 Å². The molecule has 0 aliphatic rings. The first-order valence-corrected chi connectivity index (χ1v) is 6.38. The third kappa shape index (κ3) is 3.38. The number of aromatic nitrogens is 1. The van der Waals surface area contributed by atoms with Crippen LogP contribution in [-0.2, 0) is 0 Å². The molecule has 0 saturated heterocycles. The molecule has 1 atom stereocenters. The van der Waals surface area contributed by atoms with Gasteiger partial charge in [0.05, 0.1) is 0 Å². The predicted molar refractivity (Wildman–Crippen MR) is 65.1 cm³/mol. The Morgan fingerprint density at radius 3 is 2.93 bits per heavy atom. The summed E-state index contributed by atoms with van der Waals surface area (Å²) in [5.41, 5.74) is 0. The summed E-state index contributed by atoms with van der Waals surface area (Å²) in [4.78, 5) is 5.95. The van der Waals surface area contributed by atoms with Gasteiger partial charge in [-0.1, -0.05) is 0 Å². The van der Waals surface area contributed by atoms with Crippen molar-refractivity contribution < 1.29 is 4.39 Å². The van der Waals surface area contributed by atoms with E-state index in [1.54, 1.807) is 24.0 Å². The number of thioether (sulfide) groups is 1. The standard InChI is InChI=1S/C11H17FN2S/c1-9(6-8-15-3)14(2)11-10(12)5-4-7-13-11/h4-5,7,9H,6,8H2,1-3H3/t9-/m1/s1. The van der Waals surface area contributed by atoms with Crippen molar-refractivity contribution in [3.8, 4) is 0 Å². The van der Waals surface area contributed by atoms with Crippen LogP contribution in [0.3, 0.4) is 0 Å². The Kier molecular flexibility index (Phi) is 4.88. The van der Waals surface area contributed by atoms with Gasteiger partial charge in [0.25, 0.3) is 0 Å². The van der Waals surface area contributed by atoms with Gasteiger partial charge in [-0.15, -0.1) is 0 Å². The molecule has 1 rings (SSSR count). The van der Waals surface area contributed by atoms with E-state index in [0.717, 1.165) is 12.2 Å². The molecule has 0 radical (unpaired) electrons. The monoisotopic (exact) mass is 228 g/mol. The van der Waals surface area contributed by atoms with Crippen molar-refractivity contribution in [1.29, 1.82) is 0 Å². The summed E-state index contributed by atoms with van der Waals surface area (Å²) in [7, 11) is 1.89. The highest BCUT2D eigenvalue weighted by Gasteiger charge is 2.13. The molecule has 2 nitrogen and oxygen atoms in total. The van der Waals surface area contributed by atoms with Crippen LogP contribution in [0.4, 0.5) is 10.2 Å². The molecule has 0 spiro atoms. The zero-order chi connectivity index (χ0) is 11.3. The predicted octanol–water partition coefficient (Wildman–Crippen LogP) is 2.80. The minimum Gasteiger partial charge on any atom is -0.355 e. The van der Waals surface area contributed by atoms with Crippen LogP contribution in [0.15, 0.2) is 18.3 Å². The second-order valence-corrected chi connectivity index (χ2v) is 4.54. The molecule has 15 heavy (non-hydrogen) atoms. The van der Waals surface area contributed by atoms with Crippen molar-refractivity contribution in [2.45, 2.75) is 19.4 Å². The molecule has 0 aromatic carbocycles. The lowest BCUT2D eigenvalue weighted by molar-refractivity contribution is 0.591. The Morgan fingerprint density at radius 2 is 2.33 bits per heavy atom. The van der Waals surface area contributed by atoms with Crippen molar-refractivity contribution in [3.05, 3.63) is 24.1 Å². The van der Waals surface area contributed by atoms with Crippen molar-refractivity contribution in [1.82, 2.24) is 4.98 Å². The van der Waals surface area contributed by atoms with E-state index in [1.807, 2.05) is 11.9 Å². The van der Waals surface area contributed by atoms with Crippen LogP contribution in [0.25, 0.3) is 0 Å². The number of pyridine rings is 1. The summed E-state index contributed by atoms with van der Waals surface area (Å²) < 4.78 is 13.4. The fraction of sp³-hybridized carbons (Fsp3) is 0.545. The molecule has 1 aromatic heterocycles. The Bertz CT molecular complexity index is 306. The minimum atomic E-state index is -0.254. The second kappa shape index (κ2) is 5.95. The molecular weight excluding hydrogens is 211 g/mol. The number of anilines is 1. The SMILES string of the molecule is CSCC[C@@H](C)N(C)c1ncccc1F.